The van der Waals surface area contributed by atoms with Gasteiger partial charge < -0.3 is 5.73 Å². The highest BCUT2D eigenvalue weighted by atomic mass is 32.2. The van der Waals surface area contributed by atoms with Crippen molar-refractivity contribution in [2.24, 2.45) is 5.73 Å². The average Bonchev–Trinajstić information content (AvgIpc) is 2.39. The molecule has 2 aromatic rings. The summed E-state index contributed by atoms with van der Waals surface area (Å²) in [5.41, 5.74) is 7.18. The fraction of sp³-hybridized carbons (Fsp3) is 0.143. The molecule has 3 N–H and O–H groups in total. The molecule has 0 aromatic heterocycles. The van der Waals surface area contributed by atoms with E-state index in [0.717, 1.165) is 5.56 Å². The fourth-order valence-corrected chi connectivity index (χ4v) is 2.77. The number of nitrogens with one attached hydrogen (secondary N) is 1. The Bertz CT molecular complexity index is 652. The summed E-state index contributed by atoms with van der Waals surface area (Å²) in [5.74, 6) is 0. The zero-order chi connectivity index (χ0) is 13.9. The topological polar surface area (TPSA) is 72.2 Å². The smallest absolute Gasteiger partial charge is 0.261 e. The van der Waals surface area contributed by atoms with E-state index in [-0.39, 0.29) is 10.9 Å². The van der Waals surface area contributed by atoms with Gasteiger partial charge in [0.2, 0.25) is 0 Å². The Morgan fingerprint density at radius 1 is 1.05 bits per heavy atom. The Balaban J connectivity index is 2.29. The van der Waals surface area contributed by atoms with Gasteiger partial charge in [-0.15, -0.1) is 0 Å². The fourth-order valence-electron chi connectivity index (χ4n) is 1.70. The molecule has 0 saturated heterocycles. The second-order valence-electron chi connectivity index (χ2n) is 4.33. The minimum Gasteiger partial charge on any atom is -0.324 e. The molecule has 100 valence electrons. The Kier molecular flexibility index (Phi) is 3.87. The first-order chi connectivity index (χ1) is 8.99. The summed E-state index contributed by atoms with van der Waals surface area (Å²) < 4.78 is 26.8. The van der Waals surface area contributed by atoms with E-state index in [0.29, 0.717) is 5.69 Å². The van der Waals surface area contributed by atoms with Crippen LogP contribution in [0.4, 0.5) is 5.69 Å². The second kappa shape index (κ2) is 5.42. The zero-order valence-electron chi connectivity index (χ0n) is 10.6. The number of sulfonamides is 1. The maximum absolute atomic E-state index is 12.1. The van der Waals surface area contributed by atoms with E-state index in [9.17, 15) is 8.42 Å². The highest BCUT2D eigenvalue weighted by Crippen LogP contribution is 2.19. The van der Waals surface area contributed by atoms with E-state index in [4.69, 9.17) is 5.73 Å². The van der Waals surface area contributed by atoms with Crippen LogP contribution < -0.4 is 10.5 Å². The highest BCUT2D eigenvalue weighted by molar-refractivity contribution is 7.92. The van der Waals surface area contributed by atoms with Crippen molar-refractivity contribution in [1.29, 1.82) is 0 Å². The normalized spacial score (nSPS) is 12.9. The predicted molar refractivity (Wildman–Crippen MR) is 76.3 cm³/mol. The van der Waals surface area contributed by atoms with Gasteiger partial charge in [-0.3, -0.25) is 4.72 Å². The number of benzene rings is 2. The molecule has 4 nitrogen and oxygen atoms in total. The van der Waals surface area contributed by atoms with Crippen LogP contribution in [-0.4, -0.2) is 8.42 Å². The van der Waals surface area contributed by atoms with E-state index in [2.05, 4.69) is 4.72 Å². The van der Waals surface area contributed by atoms with Gasteiger partial charge in [-0.1, -0.05) is 30.3 Å². The van der Waals surface area contributed by atoms with Crippen molar-refractivity contribution in [3.63, 3.8) is 0 Å². The number of hydrogen-bond acceptors (Lipinski definition) is 3. The van der Waals surface area contributed by atoms with Crippen molar-refractivity contribution >= 4 is 15.7 Å². The van der Waals surface area contributed by atoms with E-state index in [1.54, 1.807) is 48.5 Å². The van der Waals surface area contributed by atoms with Crippen molar-refractivity contribution < 1.29 is 8.42 Å². The summed E-state index contributed by atoms with van der Waals surface area (Å²) in [6, 6.07) is 15.2. The summed E-state index contributed by atoms with van der Waals surface area (Å²) in [5, 5.41) is 0. The third kappa shape index (κ3) is 3.33. The van der Waals surface area contributed by atoms with E-state index < -0.39 is 10.0 Å². The summed E-state index contributed by atoms with van der Waals surface area (Å²) in [6.45, 7) is 1.85. The molecule has 2 rings (SSSR count). The SMILES string of the molecule is CC(N)c1cccc(NS(=O)(=O)c2ccccc2)c1. The van der Waals surface area contributed by atoms with E-state index in [1.165, 1.54) is 0 Å². The molecule has 0 fully saturated rings. The molecule has 5 heteroatoms. The molecule has 19 heavy (non-hydrogen) atoms. The van der Waals surface area contributed by atoms with Gasteiger partial charge in [0.25, 0.3) is 10.0 Å². The first kappa shape index (κ1) is 13.6. The van der Waals surface area contributed by atoms with Gasteiger partial charge >= 0.3 is 0 Å². The molecule has 0 heterocycles. The van der Waals surface area contributed by atoms with E-state index in [1.807, 2.05) is 13.0 Å². The van der Waals surface area contributed by atoms with Gasteiger partial charge in [0.1, 0.15) is 0 Å². The van der Waals surface area contributed by atoms with Gasteiger partial charge in [0.05, 0.1) is 4.90 Å². The first-order valence-corrected chi connectivity index (χ1v) is 7.41. The average molecular weight is 276 g/mol. The maximum atomic E-state index is 12.1. The van der Waals surface area contributed by atoms with Gasteiger partial charge in [-0.25, -0.2) is 8.42 Å². The molecule has 0 spiro atoms. The summed E-state index contributed by atoms with van der Waals surface area (Å²) in [4.78, 5) is 0.237. The lowest BCUT2D eigenvalue weighted by Gasteiger charge is -2.11. The minimum atomic E-state index is -3.55. The predicted octanol–water partition coefficient (Wildman–Crippen LogP) is 2.51. The van der Waals surface area contributed by atoms with Crippen LogP contribution in [0.25, 0.3) is 0 Å². The van der Waals surface area contributed by atoms with Crippen molar-refractivity contribution in [2.45, 2.75) is 17.9 Å². The Hall–Kier alpha value is -1.85. The number of nitrogens with two attached hydrogens (primary N) is 1. The Labute approximate surface area is 113 Å². The van der Waals surface area contributed by atoms with Gasteiger partial charge in [0.15, 0.2) is 0 Å². The van der Waals surface area contributed by atoms with Crippen LogP contribution in [0.1, 0.15) is 18.5 Å². The molecule has 0 aliphatic carbocycles. The summed E-state index contributed by atoms with van der Waals surface area (Å²) >= 11 is 0. The van der Waals surface area contributed by atoms with Crippen LogP contribution in [0.15, 0.2) is 59.5 Å². The molecule has 1 unspecified atom stereocenters. The quantitative estimate of drug-likeness (QED) is 0.901. The molecule has 0 radical (unpaired) electrons. The lowest BCUT2D eigenvalue weighted by atomic mass is 10.1. The summed E-state index contributed by atoms with van der Waals surface area (Å²) in [7, 11) is -3.55. The Morgan fingerprint density at radius 2 is 1.74 bits per heavy atom. The molecular formula is C14H16N2O2S. The van der Waals surface area contributed by atoms with Crippen LogP contribution in [0.5, 0.6) is 0 Å². The van der Waals surface area contributed by atoms with Crippen LogP contribution in [0, 0.1) is 0 Å². The van der Waals surface area contributed by atoms with Crippen molar-refractivity contribution in [2.75, 3.05) is 4.72 Å². The second-order valence-corrected chi connectivity index (χ2v) is 6.02. The molecule has 0 aliphatic rings. The van der Waals surface area contributed by atoms with Crippen molar-refractivity contribution in [3.05, 3.63) is 60.2 Å². The first-order valence-electron chi connectivity index (χ1n) is 5.92. The maximum Gasteiger partial charge on any atom is 0.261 e. The van der Waals surface area contributed by atoms with Gasteiger partial charge in [-0.2, -0.15) is 0 Å². The van der Waals surface area contributed by atoms with Crippen LogP contribution in [0.2, 0.25) is 0 Å². The lowest BCUT2D eigenvalue weighted by molar-refractivity contribution is 0.601. The van der Waals surface area contributed by atoms with Crippen molar-refractivity contribution in [3.8, 4) is 0 Å². The number of anilines is 1. The van der Waals surface area contributed by atoms with Crippen molar-refractivity contribution in [1.82, 2.24) is 0 Å². The summed E-state index contributed by atoms with van der Waals surface area (Å²) in [6.07, 6.45) is 0. The number of rotatable bonds is 4. The van der Waals surface area contributed by atoms with Crippen LogP contribution in [-0.2, 0) is 10.0 Å². The molecule has 2 aromatic carbocycles. The van der Waals surface area contributed by atoms with Crippen LogP contribution in [0.3, 0.4) is 0 Å². The molecular weight excluding hydrogens is 260 g/mol. The highest BCUT2D eigenvalue weighted by Gasteiger charge is 2.13. The molecule has 0 amide bonds. The monoisotopic (exact) mass is 276 g/mol. The number of hydrogen-bond donors (Lipinski definition) is 2. The standard InChI is InChI=1S/C14H16N2O2S/c1-11(15)12-6-5-7-13(10-12)16-19(17,18)14-8-3-2-4-9-14/h2-11,16H,15H2,1H3. The van der Waals surface area contributed by atoms with Gasteiger partial charge in [-0.05, 0) is 36.8 Å². The third-order valence-electron chi connectivity index (χ3n) is 2.72. The molecule has 0 aliphatic heterocycles. The zero-order valence-corrected chi connectivity index (χ0v) is 11.4. The van der Waals surface area contributed by atoms with E-state index >= 15 is 0 Å². The van der Waals surface area contributed by atoms with Gasteiger partial charge in [0, 0.05) is 11.7 Å². The largest absolute Gasteiger partial charge is 0.324 e. The molecule has 1 atom stereocenters. The molecule has 0 bridgehead atoms. The third-order valence-corrected chi connectivity index (χ3v) is 4.12. The Morgan fingerprint density at radius 3 is 2.37 bits per heavy atom. The lowest BCUT2D eigenvalue weighted by Crippen LogP contribution is -2.13. The molecule has 0 saturated carbocycles. The minimum absolute atomic E-state index is 0.138. The van der Waals surface area contributed by atoms with Crippen LogP contribution >= 0.6 is 0 Å².